The van der Waals surface area contributed by atoms with Crippen molar-refractivity contribution in [2.24, 2.45) is 0 Å². The Hall–Kier alpha value is -1.92. The van der Waals surface area contributed by atoms with Crippen molar-refractivity contribution in [2.45, 2.75) is 38.6 Å². The van der Waals surface area contributed by atoms with Gasteiger partial charge in [0.05, 0.1) is 12.2 Å². The second-order valence-electron chi connectivity index (χ2n) is 6.11. The summed E-state index contributed by atoms with van der Waals surface area (Å²) in [6, 6.07) is 6.15. The summed E-state index contributed by atoms with van der Waals surface area (Å²) in [7, 11) is 0. The molecule has 0 bridgehead atoms. The highest BCUT2D eigenvalue weighted by Gasteiger charge is 2.20. The van der Waals surface area contributed by atoms with Crippen molar-refractivity contribution >= 4 is 44.5 Å². The van der Waals surface area contributed by atoms with Gasteiger partial charge in [-0.25, -0.2) is 4.98 Å². The zero-order valence-electron chi connectivity index (χ0n) is 13.3. The highest BCUT2D eigenvalue weighted by atomic mass is 32.1. The van der Waals surface area contributed by atoms with Gasteiger partial charge in [-0.2, -0.15) is 0 Å². The summed E-state index contributed by atoms with van der Waals surface area (Å²) < 4.78 is 0. The maximum Gasteiger partial charge on any atom is 0.263 e. The number of carbonyl (C=O) groups excluding carboxylic acids is 1. The molecule has 0 aliphatic heterocycles. The lowest BCUT2D eigenvalue weighted by Crippen LogP contribution is -2.22. The number of nitrogens with zero attached hydrogens (tertiary/aromatic N) is 1. The van der Waals surface area contributed by atoms with Gasteiger partial charge in [-0.15, -0.1) is 22.7 Å². The first-order chi connectivity index (χ1) is 11.7. The van der Waals surface area contributed by atoms with Gasteiger partial charge in [0.2, 0.25) is 0 Å². The van der Waals surface area contributed by atoms with Gasteiger partial charge < -0.3 is 11.1 Å². The van der Waals surface area contributed by atoms with Gasteiger partial charge >= 0.3 is 0 Å². The minimum absolute atomic E-state index is 0.112. The van der Waals surface area contributed by atoms with Crippen molar-refractivity contribution in [2.75, 3.05) is 5.73 Å². The topological polar surface area (TPSA) is 68.0 Å². The van der Waals surface area contributed by atoms with E-state index in [9.17, 15) is 4.79 Å². The molecule has 0 saturated heterocycles. The summed E-state index contributed by atoms with van der Waals surface area (Å²) in [6.07, 6.45) is 5.76. The number of amides is 1. The standard InChI is InChI=1S/C18H19N3OS2/c19-15-13-9-11-5-2-1-3-7-14(11)21-18(13)24-16(15)17(22)20-10-12-6-4-8-23-12/h4,6,8-9H,1-3,5,7,10,19H2,(H,20,22). The monoisotopic (exact) mass is 357 g/mol. The van der Waals surface area contributed by atoms with E-state index in [0.29, 0.717) is 17.1 Å². The lowest BCUT2D eigenvalue weighted by Gasteiger charge is -2.04. The lowest BCUT2D eigenvalue weighted by atomic mass is 10.1. The molecule has 4 rings (SSSR count). The first-order valence-corrected chi connectivity index (χ1v) is 9.93. The molecule has 3 N–H and O–H groups in total. The van der Waals surface area contributed by atoms with Gasteiger partial charge in [0.15, 0.2) is 0 Å². The van der Waals surface area contributed by atoms with Crippen LogP contribution in [0.4, 0.5) is 5.69 Å². The predicted molar refractivity (Wildman–Crippen MR) is 101 cm³/mol. The number of hydrogen-bond donors (Lipinski definition) is 2. The summed E-state index contributed by atoms with van der Waals surface area (Å²) in [5.74, 6) is -0.112. The number of nitrogen functional groups attached to an aromatic ring is 1. The summed E-state index contributed by atoms with van der Waals surface area (Å²) in [6.45, 7) is 0.536. The Morgan fingerprint density at radius 1 is 1.29 bits per heavy atom. The van der Waals surface area contributed by atoms with Crippen LogP contribution < -0.4 is 11.1 Å². The maximum atomic E-state index is 12.5. The van der Waals surface area contributed by atoms with Crippen LogP contribution in [0, 0.1) is 0 Å². The number of aromatic nitrogens is 1. The van der Waals surface area contributed by atoms with E-state index < -0.39 is 0 Å². The van der Waals surface area contributed by atoms with Crippen LogP contribution in [0.2, 0.25) is 0 Å². The Morgan fingerprint density at radius 3 is 3.00 bits per heavy atom. The van der Waals surface area contributed by atoms with Crippen LogP contribution >= 0.6 is 22.7 Å². The number of hydrogen-bond acceptors (Lipinski definition) is 5. The second kappa shape index (κ2) is 6.53. The van der Waals surface area contributed by atoms with Crippen LogP contribution in [0.15, 0.2) is 23.6 Å². The molecule has 1 aliphatic carbocycles. The Kier molecular flexibility index (Phi) is 4.24. The molecule has 4 nitrogen and oxygen atoms in total. The number of thiophene rings is 2. The molecule has 0 atom stereocenters. The highest BCUT2D eigenvalue weighted by molar-refractivity contribution is 7.21. The van der Waals surface area contributed by atoms with Crippen LogP contribution in [0.1, 0.15) is 45.1 Å². The average molecular weight is 358 g/mol. The van der Waals surface area contributed by atoms with Gasteiger partial charge in [0.1, 0.15) is 9.71 Å². The van der Waals surface area contributed by atoms with Gasteiger partial charge in [-0.1, -0.05) is 12.5 Å². The maximum absolute atomic E-state index is 12.5. The quantitative estimate of drug-likeness (QED) is 0.692. The van der Waals surface area contributed by atoms with E-state index in [2.05, 4.69) is 11.4 Å². The molecular formula is C18H19N3OS2. The molecule has 3 aromatic rings. The van der Waals surface area contributed by atoms with Crippen molar-refractivity contribution in [3.8, 4) is 0 Å². The molecule has 6 heteroatoms. The van der Waals surface area contributed by atoms with Crippen LogP contribution in [-0.4, -0.2) is 10.9 Å². The summed E-state index contributed by atoms with van der Waals surface area (Å²) in [4.78, 5) is 19.9. The SMILES string of the molecule is Nc1c(C(=O)NCc2cccs2)sc2nc3c(cc12)CCCCC3. The zero-order valence-corrected chi connectivity index (χ0v) is 14.9. The van der Waals surface area contributed by atoms with E-state index in [1.54, 1.807) is 11.3 Å². The fraction of sp³-hybridized carbons (Fsp3) is 0.333. The molecule has 0 fully saturated rings. The molecule has 24 heavy (non-hydrogen) atoms. The fourth-order valence-electron chi connectivity index (χ4n) is 3.17. The summed E-state index contributed by atoms with van der Waals surface area (Å²) >= 11 is 3.04. The van der Waals surface area contributed by atoms with Crippen molar-refractivity contribution in [3.63, 3.8) is 0 Å². The molecule has 3 heterocycles. The van der Waals surface area contributed by atoms with Gasteiger partial charge in [0, 0.05) is 16.0 Å². The number of anilines is 1. The van der Waals surface area contributed by atoms with E-state index in [0.717, 1.165) is 27.9 Å². The minimum Gasteiger partial charge on any atom is -0.397 e. The number of aryl methyl sites for hydroxylation is 2. The number of pyridine rings is 1. The molecule has 0 radical (unpaired) electrons. The van der Waals surface area contributed by atoms with Crippen LogP contribution in [0.5, 0.6) is 0 Å². The number of rotatable bonds is 3. The Labute approximate surface area is 148 Å². The molecule has 0 aromatic carbocycles. The number of fused-ring (bicyclic) bond motifs is 2. The molecule has 0 spiro atoms. The van der Waals surface area contributed by atoms with Crippen LogP contribution in [0.3, 0.4) is 0 Å². The van der Waals surface area contributed by atoms with E-state index >= 15 is 0 Å². The lowest BCUT2D eigenvalue weighted by molar-refractivity contribution is 0.0956. The smallest absolute Gasteiger partial charge is 0.263 e. The molecule has 1 amide bonds. The third-order valence-corrected chi connectivity index (χ3v) is 6.45. The number of nitrogens with two attached hydrogens (primary N) is 1. The molecule has 0 unspecified atom stereocenters. The van der Waals surface area contributed by atoms with Crippen LogP contribution in [0.25, 0.3) is 10.2 Å². The minimum atomic E-state index is -0.112. The molecule has 1 aliphatic rings. The summed E-state index contributed by atoms with van der Waals surface area (Å²) in [5, 5.41) is 5.90. The van der Waals surface area contributed by atoms with E-state index in [4.69, 9.17) is 10.7 Å². The van der Waals surface area contributed by atoms with Gasteiger partial charge in [-0.3, -0.25) is 4.79 Å². The largest absolute Gasteiger partial charge is 0.397 e. The van der Waals surface area contributed by atoms with E-state index in [1.807, 2.05) is 17.5 Å². The first kappa shape index (κ1) is 15.6. The number of nitrogens with one attached hydrogen (secondary N) is 1. The van der Waals surface area contributed by atoms with Crippen molar-refractivity contribution in [1.29, 1.82) is 0 Å². The first-order valence-electron chi connectivity index (χ1n) is 8.23. The zero-order chi connectivity index (χ0) is 16.5. The molecule has 3 aromatic heterocycles. The second-order valence-corrected chi connectivity index (χ2v) is 8.15. The third-order valence-electron chi connectivity index (χ3n) is 4.46. The van der Waals surface area contributed by atoms with Crippen molar-refractivity contribution < 1.29 is 4.79 Å². The average Bonchev–Trinajstić information content (AvgIpc) is 3.14. The fourth-order valence-corrected chi connectivity index (χ4v) is 4.82. The third kappa shape index (κ3) is 2.91. The van der Waals surface area contributed by atoms with Crippen molar-refractivity contribution in [3.05, 3.63) is 44.6 Å². The Bertz CT molecular complexity index is 883. The molecule has 124 valence electrons. The van der Waals surface area contributed by atoms with E-state index in [-0.39, 0.29) is 5.91 Å². The molecule has 0 saturated carbocycles. The highest BCUT2D eigenvalue weighted by Crippen LogP contribution is 2.35. The van der Waals surface area contributed by atoms with Crippen LogP contribution in [-0.2, 0) is 19.4 Å². The Balaban J connectivity index is 1.64. The van der Waals surface area contributed by atoms with E-state index in [1.165, 1.54) is 41.9 Å². The van der Waals surface area contributed by atoms with Gasteiger partial charge in [0.25, 0.3) is 5.91 Å². The van der Waals surface area contributed by atoms with Gasteiger partial charge in [-0.05, 0) is 48.8 Å². The van der Waals surface area contributed by atoms with Crippen molar-refractivity contribution in [1.82, 2.24) is 10.3 Å². The Morgan fingerprint density at radius 2 is 2.17 bits per heavy atom. The predicted octanol–water partition coefficient (Wildman–Crippen LogP) is 4.14. The molecular weight excluding hydrogens is 338 g/mol. The normalized spacial score (nSPS) is 14.3. The number of carbonyl (C=O) groups is 1. The summed E-state index contributed by atoms with van der Waals surface area (Å²) in [5.41, 5.74) is 9.33.